The highest BCUT2D eigenvalue weighted by molar-refractivity contribution is 7.88. The van der Waals surface area contributed by atoms with Gasteiger partial charge in [0.25, 0.3) is 20.2 Å². The minimum atomic E-state index is -3.56. The van der Waals surface area contributed by atoms with Crippen LogP contribution in [0.2, 0.25) is 0 Å². The zero-order chi connectivity index (χ0) is 108. The van der Waals surface area contributed by atoms with E-state index in [1.165, 1.54) is 6.42 Å². The summed E-state index contributed by atoms with van der Waals surface area (Å²) in [6.07, 6.45) is 4.78. The fourth-order valence-corrected chi connectivity index (χ4v) is 26.7. The van der Waals surface area contributed by atoms with E-state index >= 15 is 0 Å². The molecule has 1 spiro atoms. The summed E-state index contributed by atoms with van der Waals surface area (Å²) >= 11 is 0. The molecule has 0 aromatic heterocycles. The fraction of sp³-hybridized carbons (Fsp3) is 0.865. The Hall–Kier alpha value is -7.88. The summed E-state index contributed by atoms with van der Waals surface area (Å²) in [4.78, 5) is 168. The summed E-state index contributed by atoms with van der Waals surface area (Å²) in [5, 5.41) is -0.951. The second-order valence-electron chi connectivity index (χ2n) is 48.2. The molecule has 41 nitrogen and oxygen atoms in total. The summed E-state index contributed by atoms with van der Waals surface area (Å²) in [5.74, 6) is -5.87. The molecule has 0 N–H and O–H groups in total. The van der Waals surface area contributed by atoms with Crippen molar-refractivity contribution in [1.82, 2.24) is 0 Å². The standard InChI is InChI=1S/C18H26O7.C17H24O6.C16H22O6.C15H22O7.C13H20O5S.C13H20O4.C12H18O6S/c1-4-17(2,3)16(20)23-12-10-11(21-14(12)19)13-15(22-10)25-18(24-13)8-6-5-7-9-18;1-5-17(3,4)16(20)21-7-11(18)22-13-9-6-10-12(8(9)2)15(19)23-14(10)13;1-4-16(2,3)15(19)20-7-11(17)21-12-8-5-9-10(6-8)14(18)22-13(9)12;1-6-14(2,3)13(17)20-9-7-8(18-11(9)16)10-12(19-7)22-15(4,5)21-10;1-4-13(2,3)12(14)17-10-7-5-8-9(6-7)19(15,16)18-11(8)10;1-4-13(2,3)12(15)17-10-8-6-5-7-9(8)16-11(10)14;1-4-12(2,3)11(13)17-8-6-5-7-9(16-6)10(8)18-19(7,14)15/h10-13,15H,4-9H2,1-3H3;8-10,12-14H,5-7H2,1-4H3;8-10,12-13H,4-7H2,1-3H3;7-10,12H,6H2,1-5H3;7-11H,4-6H2,1-3H3;8-10H,4-7H2,1-3H3;6-10H,4-5H2,1-3H3. The third-order valence-corrected chi connectivity index (χ3v) is 38.9. The summed E-state index contributed by atoms with van der Waals surface area (Å²) in [7, 11) is -6.99. The molecule has 0 amide bonds. The zero-order valence-corrected chi connectivity index (χ0v) is 90.6. The fourth-order valence-electron chi connectivity index (χ4n) is 23.2. The number of carbonyl (C=O) groups excluding carboxylic acids is 14. The third kappa shape index (κ3) is 22.3. The number of rotatable bonds is 25. The SMILES string of the molecule is CCC(C)(C)C(=O)OC1C(=O)OC2C3OC(C)(C)OC3OC12.CCC(C)(C)C(=O)OC1C(=O)OC2C3OC4(CCCCC4)OC3OC12.CCC(C)(C)C(=O)OC1C(=O)OC2CCCC21.CCC(C)(C)C(=O)OC1C2CC3C(O2)C1OS3(=O)=O.CCC(C)(C)C(=O)OC1C2CC3C1OS(=O)(=O)C3C2.CCC(C)(C)C(=O)OCC(=O)OC1C2CC3C(=O)OC1C3C2.CCC(C)(C)C(=O)OCC(=O)OC1C2CC3C1OC(=O)C3C2C. The van der Waals surface area contributed by atoms with E-state index in [0.29, 0.717) is 57.8 Å². The molecule has 147 heavy (non-hydrogen) atoms. The molecule has 826 valence electrons. The van der Waals surface area contributed by atoms with E-state index in [9.17, 15) is 84.0 Å². The van der Waals surface area contributed by atoms with Crippen LogP contribution in [0.1, 0.15) is 301 Å². The number of esters is 14. The number of hydrogen-bond acceptors (Lipinski definition) is 41. The molecule has 0 aromatic rings. The molecule has 8 saturated carbocycles. The Morgan fingerprint density at radius 2 is 0.755 bits per heavy atom. The minimum absolute atomic E-state index is 0.00636. The number of ether oxygens (including phenoxy) is 21. The van der Waals surface area contributed by atoms with Crippen LogP contribution < -0.4 is 0 Å². The highest BCUT2D eigenvalue weighted by atomic mass is 32.2. The van der Waals surface area contributed by atoms with E-state index < -0.39 is 227 Å². The van der Waals surface area contributed by atoms with Gasteiger partial charge in [-0.15, -0.1) is 0 Å². The topological polar surface area (TPSA) is 520 Å². The molecule has 43 heteroatoms. The van der Waals surface area contributed by atoms with Gasteiger partial charge >= 0.3 is 83.6 Å². The van der Waals surface area contributed by atoms with Crippen molar-refractivity contribution in [3.05, 3.63) is 0 Å². The second-order valence-corrected chi connectivity index (χ2v) is 51.8. The average Bonchev–Trinajstić information content (AvgIpc) is 1.55. The Balaban J connectivity index is 0.000000129. The monoisotopic (exact) mass is 2120 g/mol. The largest absolute Gasteiger partial charge is 0.459 e. The smallest absolute Gasteiger partial charge is 0.350 e. The molecular formula is C104H152O41S2. The highest BCUT2D eigenvalue weighted by Crippen LogP contribution is 2.61. The molecule has 34 atom stereocenters. The van der Waals surface area contributed by atoms with Gasteiger partial charge in [0, 0.05) is 54.3 Å². The first-order valence-electron chi connectivity index (χ1n) is 52.9. The van der Waals surface area contributed by atoms with Crippen LogP contribution in [0.15, 0.2) is 0 Å². The Kier molecular flexibility index (Phi) is 32.5. The molecule has 8 bridgehead atoms. The first kappa shape index (κ1) is 113. The predicted molar refractivity (Wildman–Crippen MR) is 504 cm³/mol. The first-order chi connectivity index (χ1) is 68.6. The molecule has 21 fully saturated rings. The van der Waals surface area contributed by atoms with E-state index in [-0.39, 0.29) is 143 Å². The van der Waals surface area contributed by atoms with Gasteiger partial charge < -0.3 is 99.5 Å². The summed E-state index contributed by atoms with van der Waals surface area (Å²) < 4.78 is 173. The quantitative estimate of drug-likeness (QED) is 0.0465. The Bertz CT molecular complexity index is 5150. The van der Waals surface area contributed by atoms with Crippen molar-refractivity contribution in [3.8, 4) is 0 Å². The van der Waals surface area contributed by atoms with E-state index in [0.717, 1.165) is 70.6 Å². The van der Waals surface area contributed by atoms with Crippen molar-refractivity contribution in [1.29, 1.82) is 0 Å². The average molecular weight is 2120 g/mol. The lowest BCUT2D eigenvalue weighted by atomic mass is 9.80. The molecule has 21 rings (SSSR count). The normalized spacial score (nSPS) is 38.5. The summed E-state index contributed by atoms with van der Waals surface area (Å²) in [6.45, 7) is 43.3. The molecule has 8 aliphatic carbocycles. The second kappa shape index (κ2) is 42.2. The van der Waals surface area contributed by atoms with Crippen LogP contribution in [0, 0.1) is 97.1 Å². The van der Waals surface area contributed by atoms with Crippen LogP contribution in [-0.4, -0.2) is 270 Å². The maximum atomic E-state index is 12.3. The number of carbonyl (C=O) groups is 14. The van der Waals surface area contributed by atoms with Gasteiger partial charge in [-0.3, -0.25) is 51.5 Å². The maximum Gasteiger partial charge on any atom is 0.350 e. The van der Waals surface area contributed by atoms with Gasteiger partial charge in [-0.2, -0.15) is 16.8 Å². The van der Waals surface area contributed by atoms with Crippen LogP contribution >= 0.6 is 0 Å². The van der Waals surface area contributed by atoms with Crippen molar-refractivity contribution < 1.29 is 192 Å². The lowest BCUT2D eigenvalue weighted by Gasteiger charge is -2.33. The zero-order valence-electron chi connectivity index (χ0n) is 88.9. The molecule has 0 aromatic carbocycles. The van der Waals surface area contributed by atoms with Gasteiger partial charge in [0.1, 0.15) is 72.4 Å². The van der Waals surface area contributed by atoms with Crippen molar-refractivity contribution in [2.75, 3.05) is 13.2 Å². The number of hydrogen-bond donors (Lipinski definition) is 0. The lowest BCUT2D eigenvalue weighted by Crippen LogP contribution is -2.43. The third-order valence-electron chi connectivity index (χ3n) is 35.5. The van der Waals surface area contributed by atoms with Crippen LogP contribution in [-0.2, 0) is 195 Å². The van der Waals surface area contributed by atoms with Crippen LogP contribution in [0.25, 0.3) is 0 Å². The molecule has 13 aliphatic heterocycles. The van der Waals surface area contributed by atoms with E-state index in [1.54, 1.807) is 83.1 Å². The first-order valence-corrected chi connectivity index (χ1v) is 55.8. The van der Waals surface area contributed by atoms with Crippen molar-refractivity contribution in [2.45, 2.75) is 458 Å². The summed E-state index contributed by atoms with van der Waals surface area (Å²) in [6, 6.07) is 0. The van der Waals surface area contributed by atoms with E-state index in [4.69, 9.17) is 108 Å². The van der Waals surface area contributed by atoms with Gasteiger partial charge in [0.2, 0.25) is 18.3 Å². The van der Waals surface area contributed by atoms with Gasteiger partial charge in [-0.25, -0.2) is 24.0 Å². The molecular weight excluding hydrogens is 1970 g/mol. The molecule has 13 saturated heterocycles. The summed E-state index contributed by atoms with van der Waals surface area (Å²) in [5.41, 5.74) is -4.20. The van der Waals surface area contributed by atoms with Gasteiger partial charge in [0.15, 0.2) is 67.9 Å². The van der Waals surface area contributed by atoms with Crippen LogP contribution in [0.5, 0.6) is 0 Å². The van der Waals surface area contributed by atoms with Crippen LogP contribution in [0.4, 0.5) is 0 Å². The Labute approximate surface area is 859 Å². The highest BCUT2D eigenvalue weighted by Gasteiger charge is 2.73. The van der Waals surface area contributed by atoms with E-state index in [1.807, 2.05) is 83.1 Å². The van der Waals surface area contributed by atoms with E-state index in [2.05, 4.69) is 0 Å². The van der Waals surface area contributed by atoms with Crippen LogP contribution in [0.3, 0.4) is 0 Å². The minimum Gasteiger partial charge on any atom is -0.459 e. The molecule has 0 radical (unpaired) electrons. The Morgan fingerprint density at radius 1 is 0.333 bits per heavy atom. The van der Waals surface area contributed by atoms with Crippen molar-refractivity contribution >= 4 is 104 Å². The molecule has 21 aliphatic rings. The van der Waals surface area contributed by atoms with Gasteiger partial charge in [-0.05, 0) is 232 Å². The predicted octanol–water partition coefficient (Wildman–Crippen LogP) is 10.5. The Morgan fingerprint density at radius 3 is 1.28 bits per heavy atom. The maximum absolute atomic E-state index is 12.3. The molecule has 34 unspecified atom stereocenters. The van der Waals surface area contributed by atoms with Crippen molar-refractivity contribution in [2.24, 2.45) is 97.1 Å². The lowest BCUT2D eigenvalue weighted by molar-refractivity contribution is -0.246. The van der Waals surface area contributed by atoms with Crippen molar-refractivity contribution in [3.63, 3.8) is 0 Å². The van der Waals surface area contributed by atoms with Gasteiger partial charge in [0.05, 0.1) is 61.1 Å². The van der Waals surface area contributed by atoms with Gasteiger partial charge in [-0.1, -0.05) is 61.8 Å². The molecule has 13 heterocycles. The number of fused-ring (bicyclic) bond motifs is 11.